The maximum absolute atomic E-state index is 7.61. The summed E-state index contributed by atoms with van der Waals surface area (Å²) >= 11 is 0. The highest BCUT2D eigenvalue weighted by molar-refractivity contribution is 6.09. The molecular formula is C33H22N2O. The fourth-order valence-electron chi connectivity index (χ4n) is 5.44. The van der Waals surface area contributed by atoms with Crippen molar-refractivity contribution in [3.05, 3.63) is 132 Å². The maximum Gasteiger partial charge on any atom is 0.188 e. The number of aromatic nitrogens is 1. The number of hydrogen-bond donors (Lipinski definition) is 0. The van der Waals surface area contributed by atoms with Crippen molar-refractivity contribution in [3.8, 4) is 5.69 Å². The quantitative estimate of drug-likeness (QED) is 0.239. The fourth-order valence-corrected chi connectivity index (χ4v) is 5.44. The molecule has 5 aromatic carbocycles. The summed E-state index contributed by atoms with van der Waals surface area (Å²) in [4.78, 5) is 3.73. The first-order valence-corrected chi connectivity index (χ1v) is 12.2. The zero-order valence-corrected chi connectivity index (χ0v) is 19.6. The van der Waals surface area contributed by atoms with E-state index < -0.39 is 0 Å². The molecule has 0 amide bonds. The van der Waals surface area contributed by atoms with Crippen molar-refractivity contribution in [3.63, 3.8) is 0 Å². The van der Waals surface area contributed by atoms with Crippen LogP contribution in [0.5, 0.6) is 0 Å². The van der Waals surface area contributed by atoms with Gasteiger partial charge < -0.3 is 8.98 Å². The van der Waals surface area contributed by atoms with Crippen LogP contribution in [0.25, 0.3) is 54.3 Å². The molecule has 0 radical (unpaired) electrons. The van der Waals surface area contributed by atoms with Crippen molar-refractivity contribution in [2.75, 3.05) is 0 Å². The Morgan fingerprint density at radius 2 is 1.39 bits per heavy atom. The summed E-state index contributed by atoms with van der Waals surface area (Å²) in [6, 6.07) is 37.9. The normalized spacial score (nSPS) is 11.5. The zero-order valence-electron chi connectivity index (χ0n) is 19.6. The number of para-hydroxylation sites is 3. The second-order valence-corrected chi connectivity index (χ2v) is 9.23. The largest absolute Gasteiger partial charge is 0.456 e. The number of benzene rings is 5. The van der Waals surface area contributed by atoms with E-state index in [1.807, 2.05) is 30.3 Å². The number of fused-ring (bicyclic) bond motifs is 6. The predicted molar refractivity (Wildman–Crippen MR) is 148 cm³/mol. The minimum absolute atomic E-state index is 0.658. The maximum atomic E-state index is 7.61. The van der Waals surface area contributed by atoms with E-state index in [0.29, 0.717) is 5.69 Å². The van der Waals surface area contributed by atoms with Crippen molar-refractivity contribution in [1.82, 2.24) is 4.57 Å². The number of furan rings is 1. The molecular weight excluding hydrogens is 440 g/mol. The molecule has 7 aromatic rings. The molecule has 3 nitrogen and oxygen atoms in total. The van der Waals surface area contributed by atoms with Gasteiger partial charge in [-0.25, -0.2) is 4.85 Å². The Kier molecular flexibility index (Phi) is 4.65. The van der Waals surface area contributed by atoms with Crippen LogP contribution in [0.3, 0.4) is 0 Å². The van der Waals surface area contributed by atoms with Crippen LogP contribution in [-0.2, 0) is 12.8 Å². The first-order valence-electron chi connectivity index (χ1n) is 12.2. The molecule has 0 fully saturated rings. The Morgan fingerprint density at radius 1 is 0.639 bits per heavy atom. The smallest absolute Gasteiger partial charge is 0.188 e. The predicted octanol–water partition coefficient (Wildman–Crippen LogP) is 9.02. The van der Waals surface area contributed by atoms with Crippen LogP contribution in [0.1, 0.15) is 11.1 Å². The Morgan fingerprint density at radius 3 is 2.25 bits per heavy atom. The monoisotopic (exact) mass is 462 g/mol. The molecule has 3 heteroatoms. The Bertz CT molecular complexity index is 1950. The first kappa shape index (κ1) is 20.6. The lowest BCUT2D eigenvalue weighted by Crippen LogP contribution is -1.94. The van der Waals surface area contributed by atoms with E-state index in [2.05, 4.69) is 88.3 Å². The summed E-state index contributed by atoms with van der Waals surface area (Å²) in [6.07, 6.45) is 1.68. The second-order valence-electron chi connectivity index (χ2n) is 9.23. The van der Waals surface area contributed by atoms with E-state index in [4.69, 9.17) is 11.0 Å². The Labute approximate surface area is 208 Å². The molecule has 2 aromatic heterocycles. The van der Waals surface area contributed by atoms with Gasteiger partial charge in [0.15, 0.2) is 5.69 Å². The lowest BCUT2D eigenvalue weighted by molar-refractivity contribution is 0.662. The Hall–Kier alpha value is -4.81. The van der Waals surface area contributed by atoms with E-state index in [0.717, 1.165) is 40.3 Å². The first-order chi connectivity index (χ1) is 17.8. The highest BCUT2D eigenvalue weighted by Crippen LogP contribution is 2.36. The van der Waals surface area contributed by atoms with Gasteiger partial charge in [-0.1, -0.05) is 60.7 Å². The topological polar surface area (TPSA) is 22.4 Å². The lowest BCUT2D eigenvalue weighted by atomic mass is 10.00. The molecule has 0 bridgehead atoms. The zero-order chi connectivity index (χ0) is 24.1. The minimum Gasteiger partial charge on any atom is -0.456 e. The Balaban J connectivity index is 1.32. The molecule has 36 heavy (non-hydrogen) atoms. The molecule has 7 rings (SSSR count). The number of rotatable bonds is 4. The summed E-state index contributed by atoms with van der Waals surface area (Å²) in [5, 5.41) is 4.61. The van der Waals surface area contributed by atoms with E-state index in [9.17, 15) is 0 Å². The van der Waals surface area contributed by atoms with Gasteiger partial charge in [-0.2, -0.15) is 0 Å². The van der Waals surface area contributed by atoms with E-state index in [-0.39, 0.29) is 0 Å². The van der Waals surface area contributed by atoms with Gasteiger partial charge in [-0.05, 0) is 72.5 Å². The highest BCUT2D eigenvalue weighted by atomic mass is 16.3. The second kappa shape index (κ2) is 8.15. The molecule has 0 aliphatic rings. The van der Waals surface area contributed by atoms with Gasteiger partial charge in [0.25, 0.3) is 0 Å². The third-order valence-electron chi connectivity index (χ3n) is 7.10. The van der Waals surface area contributed by atoms with Gasteiger partial charge in [-0.3, -0.25) is 0 Å². The van der Waals surface area contributed by atoms with Gasteiger partial charge in [0.05, 0.1) is 17.6 Å². The van der Waals surface area contributed by atoms with E-state index in [1.54, 1.807) is 0 Å². The SMILES string of the molecule is [C-]#[N+]c1cc(CCc2ccc3c(c2)c2ccccc2n3-c2ccccc2)c2oc3ccccc3c2c1. The van der Waals surface area contributed by atoms with Gasteiger partial charge >= 0.3 is 0 Å². The van der Waals surface area contributed by atoms with Crippen molar-refractivity contribution in [2.24, 2.45) is 0 Å². The van der Waals surface area contributed by atoms with Crippen molar-refractivity contribution in [1.29, 1.82) is 0 Å². The standard InChI is InChI=1S/C33H22N2O/c1-34-24-20-23(33-29(21-24)27-12-6-8-14-32(27)36-33)17-15-22-16-18-31-28(19-22)26-11-5-7-13-30(26)35(31)25-9-3-2-4-10-25/h2-14,16,18-21H,15,17H2. The highest BCUT2D eigenvalue weighted by Gasteiger charge is 2.15. The van der Waals surface area contributed by atoms with Crippen LogP contribution in [0, 0.1) is 6.57 Å². The van der Waals surface area contributed by atoms with Gasteiger partial charge in [0.2, 0.25) is 0 Å². The molecule has 0 N–H and O–H groups in total. The molecule has 0 saturated carbocycles. The molecule has 0 unspecified atom stereocenters. The van der Waals surface area contributed by atoms with E-state index in [1.165, 1.54) is 33.1 Å². The average Bonchev–Trinajstić information content (AvgIpc) is 3.48. The molecule has 0 aliphatic heterocycles. The van der Waals surface area contributed by atoms with Crippen LogP contribution < -0.4 is 0 Å². The molecule has 2 heterocycles. The van der Waals surface area contributed by atoms with Crippen LogP contribution in [0.2, 0.25) is 0 Å². The summed E-state index contributed by atoms with van der Waals surface area (Å²) < 4.78 is 8.58. The van der Waals surface area contributed by atoms with Crippen LogP contribution >= 0.6 is 0 Å². The van der Waals surface area contributed by atoms with Gasteiger partial charge in [0, 0.05) is 27.2 Å². The van der Waals surface area contributed by atoms with Gasteiger partial charge in [-0.15, -0.1) is 0 Å². The number of aryl methyl sites for hydroxylation is 2. The minimum atomic E-state index is 0.658. The summed E-state index contributed by atoms with van der Waals surface area (Å²) in [5.74, 6) is 0. The summed E-state index contributed by atoms with van der Waals surface area (Å²) in [6.45, 7) is 7.61. The fraction of sp³-hybridized carbons (Fsp3) is 0.0606. The summed E-state index contributed by atoms with van der Waals surface area (Å²) in [7, 11) is 0. The number of nitrogens with zero attached hydrogens (tertiary/aromatic N) is 2. The molecule has 0 atom stereocenters. The van der Waals surface area contributed by atoms with Crippen LogP contribution in [0.4, 0.5) is 5.69 Å². The van der Waals surface area contributed by atoms with Gasteiger partial charge in [0.1, 0.15) is 11.2 Å². The molecule has 0 spiro atoms. The molecule has 170 valence electrons. The third kappa shape index (κ3) is 3.20. The average molecular weight is 463 g/mol. The van der Waals surface area contributed by atoms with Crippen LogP contribution in [0.15, 0.2) is 114 Å². The third-order valence-corrected chi connectivity index (χ3v) is 7.10. The lowest BCUT2D eigenvalue weighted by Gasteiger charge is -2.08. The van der Waals surface area contributed by atoms with Crippen molar-refractivity contribution >= 4 is 49.4 Å². The van der Waals surface area contributed by atoms with Crippen molar-refractivity contribution in [2.45, 2.75) is 12.8 Å². The van der Waals surface area contributed by atoms with Crippen molar-refractivity contribution < 1.29 is 4.42 Å². The molecule has 0 aliphatic carbocycles. The summed E-state index contributed by atoms with van der Waals surface area (Å²) in [5.41, 5.74) is 8.37. The van der Waals surface area contributed by atoms with E-state index >= 15 is 0 Å². The van der Waals surface area contributed by atoms with Crippen LogP contribution in [-0.4, -0.2) is 4.57 Å². The molecule has 0 saturated heterocycles. The number of hydrogen-bond acceptors (Lipinski definition) is 1.